The smallest absolute Gasteiger partial charge is 0.272 e. The first-order valence-electron chi connectivity index (χ1n) is 6.74. The second-order valence-electron chi connectivity index (χ2n) is 5.23. The maximum Gasteiger partial charge on any atom is 0.272 e. The van der Waals surface area contributed by atoms with Crippen LogP contribution < -0.4 is 5.73 Å². The molecular formula is C15H18N4O. The van der Waals surface area contributed by atoms with Gasteiger partial charge in [-0.25, -0.2) is 0 Å². The van der Waals surface area contributed by atoms with Gasteiger partial charge in [-0.1, -0.05) is 30.3 Å². The number of amides is 1. The predicted molar refractivity (Wildman–Crippen MR) is 76.3 cm³/mol. The Morgan fingerprint density at radius 1 is 1.25 bits per heavy atom. The molecule has 0 aliphatic carbocycles. The highest BCUT2D eigenvalue weighted by Crippen LogP contribution is 2.27. The lowest BCUT2D eigenvalue weighted by Crippen LogP contribution is -2.33. The van der Waals surface area contributed by atoms with Crippen molar-refractivity contribution in [3.63, 3.8) is 0 Å². The molecule has 1 fully saturated rings. The third kappa shape index (κ3) is 2.20. The molecule has 2 N–H and O–H groups in total. The van der Waals surface area contributed by atoms with Crippen LogP contribution in [0.3, 0.4) is 0 Å². The summed E-state index contributed by atoms with van der Waals surface area (Å²) >= 11 is 0. The van der Waals surface area contributed by atoms with Gasteiger partial charge in [0.25, 0.3) is 5.91 Å². The molecule has 5 heteroatoms. The average Bonchev–Trinajstić information content (AvgIpc) is 3.05. The van der Waals surface area contributed by atoms with Gasteiger partial charge in [-0.05, 0) is 11.6 Å². The SMILES string of the molecule is Cn1nccc1C(=O)N1C[C@@H](N)[C@H](c2ccccc2)C1. The molecule has 2 heterocycles. The van der Waals surface area contributed by atoms with Crippen LogP contribution >= 0.6 is 0 Å². The van der Waals surface area contributed by atoms with Gasteiger partial charge < -0.3 is 10.6 Å². The maximum absolute atomic E-state index is 12.5. The van der Waals surface area contributed by atoms with E-state index in [4.69, 9.17) is 5.73 Å². The van der Waals surface area contributed by atoms with Crippen LogP contribution in [0, 0.1) is 0 Å². The quantitative estimate of drug-likeness (QED) is 0.885. The molecule has 5 nitrogen and oxygen atoms in total. The number of hydrogen-bond donors (Lipinski definition) is 1. The Bertz CT molecular complexity index is 607. The topological polar surface area (TPSA) is 64.2 Å². The normalized spacial score (nSPS) is 22.2. The van der Waals surface area contributed by atoms with Crippen molar-refractivity contribution in [3.8, 4) is 0 Å². The fourth-order valence-electron chi connectivity index (χ4n) is 2.79. The van der Waals surface area contributed by atoms with Crippen LogP contribution in [0.5, 0.6) is 0 Å². The molecule has 0 unspecified atom stereocenters. The molecule has 0 radical (unpaired) electrons. The number of benzene rings is 1. The summed E-state index contributed by atoms with van der Waals surface area (Å²) in [6, 6.07) is 11.9. The van der Waals surface area contributed by atoms with E-state index in [0.29, 0.717) is 18.8 Å². The highest BCUT2D eigenvalue weighted by atomic mass is 16.2. The first-order chi connectivity index (χ1) is 9.66. The van der Waals surface area contributed by atoms with Crippen LogP contribution in [0.15, 0.2) is 42.6 Å². The lowest BCUT2D eigenvalue weighted by Gasteiger charge is -2.16. The minimum atomic E-state index is -0.0189. The monoisotopic (exact) mass is 270 g/mol. The molecule has 1 aromatic carbocycles. The van der Waals surface area contributed by atoms with Crippen molar-refractivity contribution in [3.05, 3.63) is 53.9 Å². The third-order valence-electron chi connectivity index (χ3n) is 3.92. The maximum atomic E-state index is 12.5. The Balaban J connectivity index is 1.79. The van der Waals surface area contributed by atoms with Gasteiger partial charge in [0.2, 0.25) is 0 Å². The highest BCUT2D eigenvalue weighted by molar-refractivity contribution is 5.92. The van der Waals surface area contributed by atoms with Gasteiger partial charge >= 0.3 is 0 Å². The fourth-order valence-corrected chi connectivity index (χ4v) is 2.79. The number of carbonyl (C=O) groups is 1. The number of aromatic nitrogens is 2. The molecule has 1 aromatic heterocycles. The largest absolute Gasteiger partial charge is 0.335 e. The highest BCUT2D eigenvalue weighted by Gasteiger charge is 2.34. The zero-order chi connectivity index (χ0) is 14.1. The van der Waals surface area contributed by atoms with Crippen LogP contribution in [0.2, 0.25) is 0 Å². The van der Waals surface area contributed by atoms with Gasteiger partial charge in [0, 0.05) is 38.3 Å². The van der Waals surface area contributed by atoms with E-state index >= 15 is 0 Å². The van der Waals surface area contributed by atoms with Crippen LogP contribution in [0.1, 0.15) is 22.0 Å². The van der Waals surface area contributed by atoms with E-state index in [9.17, 15) is 4.79 Å². The fraction of sp³-hybridized carbons (Fsp3) is 0.333. The van der Waals surface area contributed by atoms with E-state index in [1.165, 1.54) is 5.56 Å². The van der Waals surface area contributed by atoms with E-state index in [-0.39, 0.29) is 17.9 Å². The van der Waals surface area contributed by atoms with Crippen LogP contribution in [0.25, 0.3) is 0 Å². The molecule has 1 aliphatic rings. The summed E-state index contributed by atoms with van der Waals surface area (Å²) in [7, 11) is 1.78. The standard InChI is InChI=1S/C15H18N4O/c1-18-14(7-8-17-18)15(20)19-9-12(13(16)10-19)11-5-3-2-4-6-11/h2-8,12-13H,9-10,16H2,1H3/t12-,13+/m0/s1. The minimum absolute atomic E-state index is 0.00104. The molecule has 0 saturated carbocycles. The van der Waals surface area contributed by atoms with E-state index in [1.54, 1.807) is 24.0 Å². The molecule has 0 bridgehead atoms. The number of likely N-dealkylation sites (tertiary alicyclic amines) is 1. The van der Waals surface area contributed by atoms with Gasteiger partial charge in [-0.2, -0.15) is 5.10 Å². The Labute approximate surface area is 118 Å². The van der Waals surface area contributed by atoms with Gasteiger partial charge in [0.05, 0.1) is 0 Å². The summed E-state index contributed by atoms with van der Waals surface area (Å²) in [5, 5.41) is 4.04. The summed E-state index contributed by atoms with van der Waals surface area (Å²) < 4.78 is 1.60. The van der Waals surface area contributed by atoms with Crippen molar-refractivity contribution in [1.29, 1.82) is 0 Å². The number of hydrogen-bond acceptors (Lipinski definition) is 3. The molecule has 1 amide bonds. The number of carbonyl (C=O) groups excluding carboxylic acids is 1. The van der Waals surface area contributed by atoms with E-state index in [0.717, 1.165) is 0 Å². The van der Waals surface area contributed by atoms with E-state index < -0.39 is 0 Å². The molecule has 2 aromatic rings. The summed E-state index contributed by atoms with van der Waals surface area (Å²) in [6.45, 7) is 1.25. The van der Waals surface area contributed by atoms with E-state index in [1.807, 2.05) is 23.1 Å². The van der Waals surface area contributed by atoms with Crippen LogP contribution in [-0.2, 0) is 7.05 Å². The first kappa shape index (κ1) is 12.9. The molecule has 20 heavy (non-hydrogen) atoms. The summed E-state index contributed by atoms with van der Waals surface area (Å²) in [6.07, 6.45) is 1.64. The summed E-state index contributed by atoms with van der Waals surface area (Å²) in [4.78, 5) is 14.3. The van der Waals surface area contributed by atoms with Crippen molar-refractivity contribution in [2.24, 2.45) is 12.8 Å². The van der Waals surface area contributed by atoms with Crippen LogP contribution in [-0.4, -0.2) is 39.7 Å². The lowest BCUT2D eigenvalue weighted by molar-refractivity contribution is 0.0778. The number of nitrogens with zero attached hydrogens (tertiary/aromatic N) is 3. The Morgan fingerprint density at radius 3 is 2.65 bits per heavy atom. The van der Waals surface area contributed by atoms with Crippen LogP contribution in [0.4, 0.5) is 0 Å². The second-order valence-corrected chi connectivity index (χ2v) is 5.23. The molecular weight excluding hydrogens is 252 g/mol. The van der Waals surface area contributed by atoms with Gasteiger partial charge in [-0.15, -0.1) is 0 Å². The Morgan fingerprint density at radius 2 is 2.00 bits per heavy atom. The van der Waals surface area contributed by atoms with E-state index in [2.05, 4.69) is 17.2 Å². The Kier molecular flexibility index (Phi) is 3.28. The van der Waals surface area contributed by atoms with Crippen molar-refractivity contribution in [2.45, 2.75) is 12.0 Å². The Hall–Kier alpha value is -2.14. The predicted octanol–water partition coefficient (Wildman–Crippen LogP) is 0.987. The molecule has 0 spiro atoms. The van der Waals surface area contributed by atoms with Crippen molar-refractivity contribution < 1.29 is 4.79 Å². The second kappa shape index (κ2) is 5.09. The van der Waals surface area contributed by atoms with Gasteiger partial charge in [0.1, 0.15) is 5.69 Å². The minimum Gasteiger partial charge on any atom is -0.335 e. The lowest BCUT2D eigenvalue weighted by atomic mass is 9.95. The van der Waals surface area contributed by atoms with Crippen molar-refractivity contribution in [2.75, 3.05) is 13.1 Å². The molecule has 2 atom stereocenters. The van der Waals surface area contributed by atoms with Crippen molar-refractivity contribution in [1.82, 2.24) is 14.7 Å². The molecule has 1 saturated heterocycles. The number of aryl methyl sites for hydroxylation is 1. The molecule has 1 aliphatic heterocycles. The van der Waals surface area contributed by atoms with Gasteiger partial charge in [-0.3, -0.25) is 9.48 Å². The first-order valence-corrected chi connectivity index (χ1v) is 6.74. The summed E-state index contributed by atoms with van der Waals surface area (Å²) in [5.41, 5.74) is 8.01. The number of rotatable bonds is 2. The zero-order valence-electron chi connectivity index (χ0n) is 11.4. The zero-order valence-corrected chi connectivity index (χ0v) is 11.4. The summed E-state index contributed by atoms with van der Waals surface area (Å²) in [5.74, 6) is 0.201. The molecule has 3 rings (SSSR count). The van der Waals surface area contributed by atoms with Crippen molar-refractivity contribution >= 4 is 5.91 Å². The third-order valence-corrected chi connectivity index (χ3v) is 3.92. The molecule has 104 valence electrons. The van der Waals surface area contributed by atoms with Gasteiger partial charge in [0.15, 0.2) is 0 Å². The average molecular weight is 270 g/mol. The number of nitrogens with two attached hydrogens (primary N) is 1.